The summed E-state index contributed by atoms with van der Waals surface area (Å²) in [5, 5.41) is 6.83. The number of para-hydroxylation sites is 2. The number of benzene rings is 1. The van der Waals surface area contributed by atoms with Crippen molar-refractivity contribution >= 4 is 23.1 Å². The van der Waals surface area contributed by atoms with Crippen molar-refractivity contribution in [1.82, 2.24) is 15.1 Å². The lowest BCUT2D eigenvalue weighted by atomic mass is 10.3. The number of rotatable bonds is 4. The molecule has 1 aromatic carbocycles. The lowest BCUT2D eigenvalue weighted by Crippen LogP contribution is -2.10. The van der Waals surface area contributed by atoms with Crippen molar-refractivity contribution < 1.29 is 8.94 Å². The quantitative estimate of drug-likeness (QED) is 0.766. The summed E-state index contributed by atoms with van der Waals surface area (Å²) < 4.78 is 10.6. The third kappa shape index (κ3) is 2.35. The minimum atomic E-state index is 0.369. The van der Waals surface area contributed by atoms with E-state index in [-0.39, 0.29) is 0 Å². The molecule has 0 bridgehead atoms. The van der Waals surface area contributed by atoms with Crippen LogP contribution < -0.4 is 10.2 Å². The topological polar surface area (TPSA) is 80.2 Å². The Labute approximate surface area is 109 Å². The van der Waals surface area contributed by atoms with Crippen molar-refractivity contribution in [2.45, 2.75) is 6.54 Å². The molecule has 19 heavy (non-hydrogen) atoms. The molecule has 0 spiro atoms. The predicted octanol–water partition coefficient (Wildman–Crippen LogP) is 1.89. The fraction of sp³-hybridized carbons (Fsp3) is 0.250. The van der Waals surface area contributed by atoms with Crippen molar-refractivity contribution in [3.63, 3.8) is 0 Å². The summed E-state index contributed by atoms with van der Waals surface area (Å²) >= 11 is 0. The third-order valence-electron chi connectivity index (χ3n) is 2.54. The number of aromatic nitrogens is 3. The van der Waals surface area contributed by atoms with Crippen LogP contribution in [0.5, 0.6) is 0 Å². The fourth-order valence-electron chi connectivity index (χ4n) is 1.60. The van der Waals surface area contributed by atoms with Crippen LogP contribution in [0.15, 0.2) is 33.2 Å². The molecule has 0 saturated carbocycles. The molecular formula is C12H13N5O2. The Balaban J connectivity index is 1.71. The van der Waals surface area contributed by atoms with Gasteiger partial charge in [0, 0.05) is 14.1 Å². The van der Waals surface area contributed by atoms with Gasteiger partial charge in [0.1, 0.15) is 5.52 Å². The van der Waals surface area contributed by atoms with E-state index in [0.29, 0.717) is 24.4 Å². The highest BCUT2D eigenvalue weighted by atomic mass is 16.5. The summed E-state index contributed by atoms with van der Waals surface area (Å²) in [5.41, 5.74) is 1.55. The predicted molar refractivity (Wildman–Crippen MR) is 70.0 cm³/mol. The lowest BCUT2D eigenvalue weighted by Gasteiger charge is -2.02. The molecule has 98 valence electrons. The SMILES string of the molecule is CN(C)c1noc(CNc2nc3ccccc3o2)n1. The summed E-state index contributed by atoms with van der Waals surface area (Å²) in [6, 6.07) is 8.01. The first kappa shape index (κ1) is 11.5. The van der Waals surface area contributed by atoms with Crippen molar-refractivity contribution in [2.75, 3.05) is 24.3 Å². The Hall–Kier alpha value is -2.57. The van der Waals surface area contributed by atoms with Gasteiger partial charge in [-0.15, -0.1) is 0 Å². The van der Waals surface area contributed by atoms with Gasteiger partial charge in [-0.25, -0.2) is 0 Å². The lowest BCUT2D eigenvalue weighted by molar-refractivity contribution is 0.382. The van der Waals surface area contributed by atoms with E-state index < -0.39 is 0 Å². The van der Waals surface area contributed by atoms with E-state index in [1.807, 2.05) is 38.4 Å². The maximum Gasteiger partial charge on any atom is 0.296 e. The monoisotopic (exact) mass is 259 g/mol. The molecule has 0 fully saturated rings. The molecule has 0 aliphatic rings. The second kappa shape index (κ2) is 4.60. The highest BCUT2D eigenvalue weighted by Gasteiger charge is 2.09. The summed E-state index contributed by atoms with van der Waals surface area (Å²) in [4.78, 5) is 10.3. The Morgan fingerprint density at radius 2 is 2.05 bits per heavy atom. The molecule has 0 radical (unpaired) electrons. The van der Waals surface area contributed by atoms with Gasteiger partial charge in [-0.05, 0) is 17.3 Å². The molecule has 2 aromatic heterocycles. The van der Waals surface area contributed by atoms with Gasteiger partial charge in [0.15, 0.2) is 5.58 Å². The number of oxazole rings is 1. The minimum Gasteiger partial charge on any atom is -0.424 e. The van der Waals surface area contributed by atoms with Crippen LogP contribution in [0.25, 0.3) is 11.1 Å². The van der Waals surface area contributed by atoms with Gasteiger partial charge in [0.2, 0.25) is 5.89 Å². The molecule has 0 amide bonds. The molecule has 2 heterocycles. The number of nitrogens with one attached hydrogen (secondary N) is 1. The van der Waals surface area contributed by atoms with Crippen LogP contribution >= 0.6 is 0 Å². The second-order valence-corrected chi connectivity index (χ2v) is 4.22. The van der Waals surface area contributed by atoms with Crippen molar-refractivity contribution in [2.24, 2.45) is 0 Å². The van der Waals surface area contributed by atoms with Gasteiger partial charge in [-0.2, -0.15) is 9.97 Å². The van der Waals surface area contributed by atoms with E-state index in [1.54, 1.807) is 4.90 Å². The first-order chi connectivity index (χ1) is 9.22. The second-order valence-electron chi connectivity index (χ2n) is 4.22. The van der Waals surface area contributed by atoms with Gasteiger partial charge in [0.05, 0.1) is 6.54 Å². The molecule has 0 aliphatic heterocycles. The van der Waals surface area contributed by atoms with E-state index in [9.17, 15) is 0 Å². The Bertz CT molecular complexity index is 655. The zero-order chi connectivity index (χ0) is 13.2. The minimum absolute atomic E-state index is 0.369. The van der Waals surface area contributed by atoms with E-state index in [4.69, 9.17) is 8.94 Å². The van der Waals surface area contributed by atoms with Crippen LogP contribution in [0.1, 0.15) is 5.89 Å². The molecule has 1 N–H and O–H groups in total. The maximum atomic E-state index is 5.52. The fourth-order valence-corrected chi connectivity index (χ4v) is 1.60. The molecule has 0 atom stereocenters. The first-order valence-corrected chi connectivity index (χ1v) is 5.82. The van der Waals surface area contributed by atoms with Crippen LogP contribution in [0.4, 0.5) is 12.0 Å². The summed E-state index contributed by atoms with van der Waals surface area (Å²) in [5.74, 6) is 1.01. The third-order valence-corrected chi connectivity index (χ3v) is 2.54. The maximum absolute atomic E-state index is 5.52. The van der Waals surface area contributed by atoms with Crippen molar-refractivity contribution in [3.05, 3.63) is 30.2 Å². The average molecular weight is 259 g/mol. The standard InChI is InChI=1S/C12H13N5O2/c1-17(2)11-15-10(19-16-11)7-13-12-14-8-5-3-4-6-9(8)18-12/h3-6H,7H2,1-2H3,(H,13,14). The summed E-state index contributed by atoms with van der Waals surface area (Å²) in [7, 11) is 3.70. The van der Waals surface area contributed by atoms with Crippen molar-refractivity contribution in [1.29, 1.82) is 0 Å². The van der Waals surface area contributed by atoms with Gasteiger partial charge in [-0.1, -0.05) is 12.1 Å². The summed E-state index contributed by atoms with van der Waals surface area (Å²) in [6.07, 6.45) is 0. The number of anilines is 2. The Morgan fingerprint density at radius 3 is 2.79 bits per heavy atom. The normalized spacial score (nSPS) is 10.8. The number of nitrogens with zero attached hydrogens (tertiary/aromatic N) is 4. The molecular weight excluding hydrogens is 246 g/mol. The van der Waals surface area contributed by atoms with Gasteiger partial charge in [-0.3, -0.25) is 0 Å². The highest BCUT2D eigenvalue weighted by Crippen LogP contribution is 2.18. The first-order valence-electron chi connectivity index (χ1n) is 5.82. The number of hydrogen-bond donors (Lipinski definition) is 1. The van der Waals surface area contributed by atoms with Crippen molar-refractivity contribution in [3.8, 4) is 0 Å². The number of fused-ring (bicyclic) bond motifs is 1. The zero-order valence-corrected chi connectivity index (χ0v) is 10.6. The Kier molecular flexibility index (Phi) is 2.79. The summed E-state index contributed by atoms with van der Waals surface area (Å²) in [6.45, 7) is 0.369. The molecule has 3 rings (SSSR count). The molecule has 0 unspecified atom stereocenters. The van der Waals surface area contributed by atoms with Crippen LogP contribution in [0, 0.1) is 0 Å². The largest absolute Gasteiger partial charge is 0.424 e. The molecule has 7 nitrogen and oxygen atoms in total. The molecule has 3 aromatic rings. The van der Waals surface area contributed by atoms with E-state index in [1.165, 1.54) is 0 Å². The van der Waals surface area contributed by atoms with Gasteiger partial charge < -0.3 is 19.2 Å². The van der Waals surface area contributed by atoms with E-state index in [0.717, 1.165) is 11.1 Å². The molecule has 7 heteroatoms. The average Bonchev–Trinajstić information content (AvgIpc) is 3.02. The van der Waals surface area contributed by atoms with Crippen LogP contribution in [-0.4, -0.2) is 29.2 Å². The van der Waals surface area contributed by atoms with Crippen LogP contribution in [-0.2, 0) is 6.54 Å². The van der Waals surface area contributed by atoms with Gasteiger partial charge in [0.25, 0.3) is 12.0 Å². The number of hydrogen-bond acceptors (Lipinski definition) is 7. The van der Waals surface area contributed by atoms with Crippen LogP contribution in [0.2, 0.25) is 0 Å². The van der Waals surface area contributed by atoms with Gasteiger partial charge >= 0.3 is 0 Å². The molecule has 0 saturated heterocycles. The van der Waals surface area contributed by atoms with E-state index in [2.05, 4.69) is 20.4 Å². The molecule has 0 aliphatic carbocycles. The van der Waals surface area contributed by atoms with Crippen LogP contribution in [0.3, 0.4) is 0 Å². The highest BCUT2D eigenvalue weighted by molar-refractivity contribution is 5.74. The van der Waals surface area contributed by atoms with E-state index >= 15 is 0 Å². The zero-order valence-electron chi connectivity index (χ0n) is 10.6. The Morgan fingerprint density at radius 1 is 1.21 bits per heavy atom. The smallest absolute Gasteiger partial charge is 0.296 e.